The maximum absolute atomic E-state index is 11.1. The molecule has 1 aliphatic rings. The number of carboxylic acids is 1. The quantitative estimate of drug-likeness (QED) is 0.924. The lowest BCUT2D eigenvalue weighted by molar-refractivity contribution is -0.143. The third-order valence-electron chi connectivity index (χ3n) is 3.90. The van der Waals surface area contributed by atoms with Gasteiger partial charge in [0, 0.05) is 18.1 Å². The van der Waals surface area contributed by atoms with E-state index in [-0.39, 0.29) is 5.92 Å². The van der Waals surface area contributed by atoms with Crippen LogP contribution in [-0.4, -0.2) is 29.1 Å². The zero-order chi connectivity index (χ0) is 14.0. The summed E-state index contributed by atoms with van der Waals surface area (Å²) in [6.45, 7) is 6.57. The summed E-state index contributed by atoms with van der Waals surface area (Å²) in [6.07, 6.45) is 1.76. The number of piperidine rings is 1. The van der Waals surface area contributed by atoms with Crippen molar-refractivity contribution in [2.45, 2.75) is 33.2 Å². The summed E-state index contributed by atoms with van der Waals surface area (Å²) < 4.78 is 0. The number of nitrogens with zero attached hydrogens (tertiary/aromatic N) is 1. The van der Waals surface area contributed by atoms with Crippen LogP contribution in [0, 0.1) is 19.8 Å². The SMILES string of the molecule is Cc1cc(Cl)cc(C)c1CN1CCCC(C(=O)O)C1. The second kappa shape index (κ2) is 5.93. The standard InChI is InChI=1S/C15H20ClNO2/c1-10-6-13(16)7-11(2)14(10)9-17-5-3-4-12(8-17)15(18)19/h6-7,12H,3-5,8-9H2,1-2H3,(H,18,19). The van der Waals surface area contributed by atoms with Crippen molar-refractivity contribution < 1.29 is 9.90 Å². The third kappa shape index (κ3) is 3.48. The van der Waals surface area contributed by atoms with Gasteiger partial charge in [-0.1, -0.05) is 11.6 Å². The van der Waals surface area contributed by atoms with Crippen LogP contribution < -0.4 is 0 Å². The molecule has 0 aliphatic carbocycles. The van der Waals surface area contributed by atoms with Gasteiger partial charge in [-0.25, -0.2) is 0 Å². The molecule has 1 saturated heterocycles. The predicted molar refractivity (Wildman–Crippen MR) is 76.6 cm³/mol. The van der Waals surface area contributed by atoms with Crippen LogP contribution in [0.3, 0.4) is 0 Å². The fourth-order valence-electron chi connectivity index (χ4n) is 2.81. The number of aliphatic carboxylic acids is 1. The summed E-state index contributed by atoms with van der Waals surface area (Å²) in [7, 11) is 0. The van der Waals surface area contributed by atoms with E-state index >= 15 is 0 Å². The van der Waals surface area contributed by atoms with Crippen molar-refractivity contribution in [2.24, 2.45) is 5.92 Å². The lowest BCUT2D eigenvalue weighted by Crippen LogP contribution is -2.38. The molecule has 1 atom stereocenters. The smallest absolute Gasteiger partial charge is 0.307 e. The minimum Gasteiger partial charge on any atom is -0.481 e. The van der Waals surface area contributed by atoms with Gasteiger partial charge in [0.1, 0.15) is 0 Å². The Labute approximate surface area is 119 Å². The molecule has 1 heterocycles. The topological polar surface area (TPSA) is 40.5 Å². The molecule has 0 amide bonds. The molecule has 1 aromatic carbocycles. The predicted octanol–water partition coefficient (Wildman–Crippen LogP) is 3.25. The van der Waals surface area contributed by atoms with Crippen molar-refractivity contribution in [3.63, 3.8) is 0 Å². The Morgan fingerprint density at radius 1 is 1.42 bits per heavy atom. The largest absolute Gasteiger partial charge is 0.481 e. The van der Waals surface area contributed by atoms with E-state index in [9.17, 15) is 4.79 Å². The van der Waals surface area contributed by atoms with Gasteiger partial charge in [-0.05, 0) is 62.1 Å². The Morgan fingerprint density at radius 2 is 2.05 bits per heavy atom. The summed E-state index contributed by atoms with van der Waals surface area (Å²) >= 11 is 6.04. The minimum absolute atomic E-state index is 0.221. The number of carbonyl (C=O) groups is 1. The molecule has 104 valence electrons. The molecule has 1 aliphatic heterocycles. The Bertz CT molecular complexity index is 464. The zero-order valence-electron chi connectivity index (χ0n) is 11.4. The molecule has 1 aromatic rings. The molecule has 4 heteroatoms. The highest BCUT2D eigenvalue weighted by Crippen LogP contribution is 2.24. The molecular formula is C15H20ClNO2. The summed E-state index contributed by atoms with van der Waals surface area (Å²) in [6, 6.07) is 3.95. The van der Waals surface area contributed by atoms with Crippen LogP contribution in [-0.2, 0) is 11.3 Å². The molecule has 1 fully saturated rings. The zero-order valence-corrected chi connectivity index (χ0v) is 12.2. The van der Waals surface area contributed by atoms with E-state index < -0.39 is 5.97 Å². The Balaban J connectivity index is 2.11. The maximum Gasteiger partial charge on any atom is 0.307 e. The molecule has 0 spiro atoms. The van der Waals surface area contributed by atoms with Crippen molar-refractivity contribution in [3.8, 4) is 0 Å². The van der Waals surface area contributed by atoms with E-state index in [4.69, 9.17) is 16.7 Å². The van der Waals surface area contributed by atoms with Crippen LogP contribution in [0.5, 0.6) is 0 Å². The highest BCUT2D eigenvalue weighted by molar-refractivity contribution is 6.30. The normalized spacial score (nSPS) is 20.5. The first-order valence-electron chi connectivity index (χ1n) is 6.68. The highest BCUT2D eigenvalue weighted by atomic mass is 35.5. The van der Waals surface area contributed by atoms with E-state index in [1.165, 1.54) is 16.7 Å². The number of rotatable bonds is 3. The molecule has 2 rings (SSSR count). The first-order valence-corrected chi connectivity index (χ1v) is 7.06. The molecule has 1 unspecified atom stereocenters. The van der Waals surface area contributed by atoms with Crippen LogP contribution in [0.15, 0.2) is 12.1 Å². The van der Waals surface area contributed by atoms with Crippen molar-refractivity contribution >= 4 is 17.6 Å². The van der Waals surface area contributed by atoms with Gasteiger partial charge in [-0.2, -0.15) is 0 Å². The second-order valence-electron chi connectivity index (χ2n) is 5.43. The number of likely N-dealkylation sites (tertiary alicyclic amines) is 1. The van der Waals surface area contributed by atoms with Crippen LogP contribution >= 0.6 is 11.6 Å². The first-order chi connectivity index (χ1) is 8.97. The van der Waals surface area contributed by atoms with Gasteiger partial charge in [-0.15, -0.1) is 0 Å². The fourth-order valence-corrected chi connectivity index (χ4v) is 3.14. The molecule has 0 bridgehead atoms. The van der Waals surface area contributed by atoms with Gasteiger partial charge in [0.25, 0.3) is 0 Å². The van der Waals surface area contributed by atoms with Gasteiger partial charge in [0.15, 0.2) is 0 Å². The molecule has 0 radical (unpaired) electrons. The van der Waals surface area contributed by atoms with E-state index in [2.05, 4.69) is 18.7 Å². The summed E-state index contributed by atoms with van der Waals surface area (Å²) in [5.74, 6) is -0.893. The maximum atomic E-state index is 11.1. The summed E-state index contributed by atoms with van der Waals surface area (Å²) in [4.78, 5) is 13.3. The Kier molecular flexibility index (Phi) is 4.48. The molecule has 19 heavy (non-hydrogen) atoms. The third-order valence-corrected chi connectivity index (χ3v) is 4.12. The van der Waals surface area contributed by atoms with Crippen LogP contribution in [0.2, 0.25) is 5.02 Å². The van der Waals surface area contributed by atoms with Gasteiger partial charge in [0.05, 0.1) is 5.92 Å². The van der Waals surface area contributed by atoms with Gasteiger partial charge >= 0.3 is 5.97 Å². The number of carboxylic acid groups (broad SMARTS) is 1. The number of hydrogen-bond donors (Lipinski definition) is 1. The minimum atomic E-state index is -0.672. The number of aryl methyl sites for hydroxylation is 2. The van der Waals surface area contributed by atoms with Crippen molar-refractivity contribution in [1.82, 2.24) is 4.90 Å². The van der Waals surface area contributed by atoms with Crippen LogP contribution in [0.25, 0.3) is 0 Å². The number of halogens is 1. The van der Waals surface area contributed by atoms with E-state index in [0.29, 0.717) is 6.54 Å². The van der Waals surface area contributed by atoms with Crippen LogP contribution in [0.4, 0.5) is 0 Å². The molecule has 1 N–H and O–H groups in total. The monoisotopic (exact) mass is 281 g/mol. The molecular weight excluding hydrogens is 262 g/mol. The average Bonchev–Trinajstić information content (AvgIpc) is 2.34. The lowest BCUT2D eigenvalue weighted by atomic mass is 9.96. The van der Waals surface area contributed by atoms with Gasteiger partial charge in [0.2, 0.25) is 0 Å². The second-order valence-corrected chi connectivity index (χ2v) is 5.87. The average molecular weight is 282 g/mol. The summed E-state index contributed by atoms with van der Waals surface area (Å²) in [5.41, 5.74) is 3.64. The molecule has 3 nitrogen and oxygen atoms in total. The summed E-state index contributed by atoms with van der Waals surface area (Å²) in [5, 5.41) is 9.89. The Hall–Kier alpha value is -1.06. The van der Waals surface area contributed by atoms with Gasteiger partial charge in [-0.3, -0.25) is 9.69 Å². The van der Waals surface area contributed by atoms with E-state index in [0.717, 1.165) is 31.0 Å². The van der Waals surface area contributed by atoms with Crippen molar-refractivity contribution in [1.29, 1.82) is 0 Å². The van der Waals surface area contributed by atoms with Crippen LogP contribution in [0.1, 0.15) is 29.5 Å². The van der Waals surface area contributed by atoms with E-state index in [1.807, 2.05) is 12.1 Å². The van der Waals surface area contributed by atoms with Crippen molar-refractivity contribution in [3.05, 3.63) is 33.8 Å². The number of hydrogen-bond acceptors (Lipinski definition) is 2. The van der Waals surface area contributed by atoms with Crippen molar-refractivity contribution in [2.75, 3.05) is 13.1 Å². The van der Waals surface area contributed by atoms with Gasteiger partial charge < -0.3 is 5.11 Å². The first kappa shape index (κ1) is 14.4. The molecule has 0 aromatic heterocycles. The lowest BCUT2D eigenvalue weighted by Gasteiger charge is -2.31. The highest BCUT2D eigenvalue weighted by Gasteiger charge is 2.25. The Morgan fingerprint density at radius 3 is 2.63 bits per heavy atom. The fraction of sp³-hybridized carbons (Fsp3) is 0.533. The van der Waals surface area contributed by atoms with E-state index in [1.54, 1.807) is 0 Å². The molecule has 0 saturated carbocycles. The number of benzene rings is 1.